The van der Waals surface area contributed by atoms with Gasteiger partial charge < -0.3 is 15.1 Å². The standard InChI is InChI=1S/C15H11ClN2O3/c16-10-4-2-1-3-9(10)13(19)8-5-6-11-12(7-8)18-15(21)14(20)17-11/h1-7,13,19H,(H,17,20)(H,18,21). The van der Waals surface area contributed by atoms with Gasteiger partial charge in [0, 0.05) is 10.6 Å². The molecule has 0 fully saturated rings. The molecule has 0 aliphatic rings. The summed E-state index contributed by atoms with van der Waals surface area (Å²) in [6.07, 6.45) is -0.918. The highest BCUT2D eigenvalue weighted by molar-refractivity contribution is 6.31. The molecule has 3 N–H and O–H groups in total. The molecule has 6 heteroatoms. The number of halogens is 1. The van der Waals surface area contributed by atoms with Crippen LogP contribution in [0.2, 0.25) is 5.02 Å². The van der Waals surface area contributed by atoms with Crippen LogP contribution in [0.4, 0.5) is 0 Å². The Hall–Kier alpha value is -2.37. The highest BCUT2D eigenvalue weighted by Crippen LogP contribution is 2.28. The number of rotatable bonds is 2. The molecule has 21 heavy (non-hydrogen) atoms. The molecule has 3 rings (SSSR count). The molecule has 1 atom stereocenters. The Morgan fingerprint density at radius 1 is 0.952 bits per heavy atom. The van der Waals surface area contributed by atoms with Crippen LogP contribution in [0, 0.1) is 0 Å². The minimum Gasteiger partial charge on any atom is -0.384 e. The van der Waals surface area contributed by atoms with E-state index >= 15 is 0 Å². The molecule has 0 amide bonds. The van der Waals surface area contributed by atoms with E-state index in [-0.39, 0.29) is 0 Å². The second kappa shape index (κ2) is 5.20. The lowest BCUT2D eigenvalue weighted by Gasteiger charge is -2.13. The fraction of sp³-hybridized carbons (Fsp3) is 0.0667. The largest absolute Gasteiger partial charge is 0.384 e. The first-order chi connectivity index (χ1) is 10.1. The number of hydrogen-bond acceptors (Lipinski definition) is 3. The molecule has 0 aliphatic carbocycles. The van der Waals surface area contributed by atoms with E-state index in [0.717, 1.165) is 0 Å². The summed E-state index contributed by atoms with van der Waals surface area (Å²) >= 11 is 6.07. The molecule has 0 radical (unpaired) electrons. The van der Waals surface area contributed by atoms with E-state index in [4.69, 9.17) is 11.6 Å². The number of aliphatic hydroxyl groups is 1. The van der Waals surface area contributed by atoms with Crippen LogP contribution < -0.4 is 11.1 Å². The quantitative estimate of drug-likeness (QED) is 0.632. The number of aromatic nitrogens is 2. The van der Waals surface area contributed by atoms with Crippen molar-refractivity contribution in [2.45, 2.75) is 6.10 Å². The predicted molar refractivity (Wildman–Crippen MR) is 80.7 cm³/mol. The number of fused-ring (bicyclic) bond motifs is 1. The molecule has 0 spiro atoms. The first-order valence-electron chi connectivity index (χ1n) is 6.25. The zero-order valence-electron chi connectivity index (χ0n) is 10.8. The molecule has 1 unspecified atom stereocenters. The third-order valence-electron chi connectivity index (χ3n) is 3.26. The van der Waals surface area contributed by atoms with Gasteiger partial charge in [0.2, 0.25) is 0 Å². The molecular formula is C15H11ClN2O3. The smallest absolute Gasteiger partial charge is 0.314 e. The maximum Gasteiger partial charge on any atom is 0.314 e. The average molecular weight is 303 g/mol. The van der Waals surface area contributed by atoms with Gasteiger partial charge in [0.15, 0.2) is 0 Å². The van der Waals surface area contributed by atoms with Gasteiger partial charge in [0.1, 0.15) is 6.10 Å². The van der Waals surface area contributed by atoms with Gasteiger partial charge in [-0.2, -0.15) is 0 Å². The van der Waals surface area contributed by atoms with Gasteiger partial charge in [-0.3, -0.25) is 9.59 Å². The molecular weight excluding hydrogens is 292 g/mol. The van der Waals surface area contributed by atoms with Crippen molar-refractivity contribution in [3.05, 3.63) is 79.3 Å². The predicted octanol–water partition coefficient (Wildman–Crippen LogP) is 1.95. The summed E-state index contributed by atoms with van der Waals surface area (Å²) in [6.45, 7) is 0. The summed E-state index contributed by atoms with van der Waals surface area (Å²) in [4.78, 5) is 27.6. The third-order valence-corrected chi connectivity index (χ3v) is 3.61. The van der Waals surface area contributed by atoms with Crippen molar-refractivity contribution in [2.24, 2.45) is 0 Å². The highest BCUT2D eigenvalue weighted by atomic mass is 35.5. The van der Waals surface area contributed by atoms with Crippen LogP contribution in [0.15, 0.2) is 52.1 Å². The lowest BCUT2D eigenvalue weighted by molar-refractivity contribution is 0.220. The molecule has 5 nitrogen and oxygen atoms in total. The van der Waals surface area contributed by atoms with Gasteiger partial charge in [-0.1, -0.05) is 35.9 Å². The van der Waals surface area contributed by atoms with Crippen molar-refractivity contribution in [1.82, 2.24) is 9.97 Å². The minimum absolute atomic E-state index is 0.447. The van der Waals surface area contributed by atoms with Gasteiger partial charge in [-0.15, -0.1) is 0 Å². The van der Waals surface area contributed by atoms with E-state index in [9.17, 15) is 14.7 Å². The summed E-state index contributed by atoms with van der Waals surface area (Å²) in [7, 11) is 0. The average Bonchev–Trinajstić information content (AvgIpc) is 2.48. The van der Waals surface area contributed by atoms with Crippen molar-refractivity contribution < 1.29 is 5.11 Å². The van der Waals surface area contributed by atoms with E-state index in [0.29, 0.717) is 27.2 Å². The van der Waals surface area contributed by atoms with Gasteiger partial charge in [0.25, 0.3) is 0 Å². The molecule has 1 heterocycles. The Morgan fingerprint density at radius 2 is 1.62 bits per heavy atom. The topological polar surface area (TPSA) is 85.9 Å². The second-order valence-corrected chi connectivity index (χ2v) is 5.04. The lowest BCUT2D eigenvalue weighted by atomic mass is 10.0. The van der Waals surface area contributed by atoms with Gasteiger partial charge in [-0.05, 0) is 23.8 Å². The number of aliphatic hydroxyl groups excluding tert-OH is 1. The fourth-order valence-electron chi connectivity index (χ4n) is 2.18. The second-order valence-electron chi connectivity index (χ2n) is 4.64. The Kier molecular flexibility index (Phi) is 3.37. The maximum atomic E-state index is 11.4. The monoisotopic (exact) mass is 302 g/mol. The fourth-order valence-corrected chi connectivity index (χ4v) is 2.42. The van der Waals surface area contributed by atoms with Crippen LogP contribution in [-0.4, -0.2) is 15.1 Å². The highest BCUT2D eigenvalue weighted by Gasteiger charge is 2.14. The number of H-pyrrole nitrogens is 2. The molecule has 3 aromatic rings. The van der Waals surface area contributed by atoms with Crippen molar-refractivity contribution >= 4 is 22.6 Å². The van der Waals surface area contributed by atoms with E-state index in [1.807, 2.05) is 0 Å². The Morgan fingerprint density at radius 3 is 2.33 bits per heavy atom. The van der Waals surface area contributed by atoms with Crippen molar-refractivity contribution in [3.63, 3.8) is 0 Å². The van der Waals surface area contributed by atoms with Gasteiger partial charge in [0.05, 0.1) is 11.0 Å². The Balaban J connectivity index is 2.13. The molecule has 106 valence electrons. The van der Waals surface area contributed by atoms with E-state index in [1.165, 1.54) is 0 Å². The van der Waals surface area contributed by atoms with Gasteiger partial charge >= 0.3 is 11.1 Å². The van der Waals surface area contributed by atoms with Crippen molar-refractivity contribution in [1.29, 1.82) is 0 Å². The summed E-state index contributed by atoms with van der Waals surface area (Å²) in [5.74, 6) is 0. The van der Waals surface area contributed by atoms with Crippen LogP contribution in [0.1, 0.15) is 17.2 Å². The number of hydrogen-bond donors (Lipinski definition) is 3. The molecule has 2 aromatic carbocycles. The summed E-state index contributed by atoms with van der Waals surface area (Å²) in [6, 6.07) is 11.9. The first kappa shape index (κ1) is 13.6. The molecule has 0 bridgehead atoms. The summed E-state index contributed by atoms with van der Waals surface area (Å²) in [5, 5.41) is 10.9. The lowest BCUT2D eigenvalue weighted by Crippen LogP contribution is -2.28. The van der Waals surface area contributed by atoms with Crippen LogP contribution in [0.25, 0.3) is 11.0 Å². The third kappa shape index (κ3) is 2.49. The Bertz CT molecular complexity index is 930. The first-order valence-corrected chi connectivity index (χ1v) is 6.63. The van der Waals surface area contributed by atoms with Crippen LogP contribution in [0.5, 0.6) is 0 Å². The van der Waals surface area contributed by atoms with E-state index in [2.05, 4.69) is 9.97 Å². The number of benzene rings is 2. The molecule has 1 aromatic heterocycles. The SMILES string of the molecule is O=c1[nH]c2ccc(C(O)c3ccccc3Cl)cc2[nH]c1=O. The summed E-state index contributed by atoms with van der Waals surface area (Å²) in [5.41, 5.74) is 0.648. The zero-order chi connectivity index (χ0) is 15.0. The Labute approximate surface area is 123 Å². The number of aromatic amines is 2. The molecule has 0 aliphatic heterocycles. The van der Waals surface area contributed by atoms with Crippen LogP contribution >= 0.6 is 11.6 Å². The molecule has 0 saturated carbocycles. The zero-order valence-corrected chi connectivity index (χ0v) is 11.5. The van der Waals surface area contributed by atoms with Crippen molar-refractivity contribution in [3.8, 4) is 0 Å². The van der Waals surface area contributed by atoms with E-state index in [1.54, 1.807) is 42.5 Å². The van der Waals surface area contributed by atoms with Crippen LogP contribution in [-0.2, 0) is 0 Å². The van der Waals surface area contributed by atoms with E-state index < -0.39 is 17.2 Å². The van der Waals surface area contributed by atoms with Crippen LogP contribution in [0.3, 0.4) is 0 Å². The number of nitrogens with one attached hydrogen (secondary N) is 2. The molecule has 0 saturated heterocycles. The maximum absolute atomic E-state index is 11.4. The summed E-state index contributed by atoms with van der Waals surface area (Å²) < 4.78 is 0. The normalized spacial score (nSPS) is 12.5. The van der Waals surface area contributed by atoms with Gasteiger partial charge in [-0.25, -0.2) is 0 Å². The van der Waals surface area contributed by atoms with Crippen molar-refractivity contribution in [2.75, 3.05) is 0 Å². The minimum atomic E-state index is -0.918.